The summed E-state index contributed by atoms with van der Waals surface area (Å²) < 4.78 is 47.1. The van der Waals surface area contributed by atoms with E-state index in [1.807, 2.05) is 0 Å². The summed E-state index contributed by atoms with van der Waals surface area (Å²) in [6.45, 7) is -2.49. The highest BCUT2D eigenvalue weighted by atomic mass is 15.3. The molecule has 0 aliphatic carbocycles. The number of aryl methyl sites for hydroxylation is 2. The summed E-state index contributed by atoms with van der Waals surface area (Å²) >= 11 is 0. The largest absolute Gasteiger partial charge is 0.318 e. The summed E-state index contributed by atoms with van der Waals surface area (Å²) in [5.74, 6) is 0.273. The molecule has 0 atom stereocenters. The fourth-order valence-electron chi connectivity index (χ4n) is 0.859. The van der Waals surface area contributed by atoms with Crippen LogP contribution in [-0.4, -0.2) is 14.8 Å². The Balaban J connectivity index is 2.61. The van der Waals surface area contributed by atoms with E-state index in [0.717, 1.165) is 10.9 Å². The highest BCUT2D eigenvalue weighted by Gasteiger charge is 2.06. The van der Waals surface area contributed by atoms with Crippen LogP contribution in [0.1, 0.15) is 33.2 Å². The van der Waals surface area contributed by atoms with Gasteiger partial charge in [0.05, 0.1) is 0 Å². The maximum Gasteiger partial charge on any atom is 0.132 e. The SMILES string of the molecule is [2H]C1([2H])CCc2nncn2C([2H])([2H])C1([2H])[2H]. The van der Waals surface area contributed by atoms with Crippen molar-refractivity contribution in [3.05, 3.63) is 12.2 Å². The third-order valence-electron chi connectivity index (χ3n) is 1.36. The predicted molar refractivity (Wildman–Crippen MR) is 37.6 cm³/mol. The van der Waals surface area contributed by atoms with Gasteiger partial charge in [0.2, 0.25) is 0 Å². The second kappa shape index (κ2) is 2.40. The molecule has 0 bridgehead atoms. The van der Waals surface area contributed by atoms with Crippen LogP contribution in [0, 0.1) is 0 Å². The van der Waals surface area contributed by atoms with Crippen LogP contribution in [0.2, 0.25) is 0 Å². The molecule has 2 rings (SSSR count). The van der Waals surface area contributed by atoms with E-state index in [9.17, 15) is 0 Å². The third kappa shape index (κ3) is 0.916. The van der Waals surface area contributed by atoms with Crippen LogP contribution in [0.4, 0.5) is 0 Å². The minimum absolute atomic E-state index is 0.113. The molecule has 1 aromatic heterocycles. The Kier molecular flexibility index (Phi) is 0.559. The first kappa shape index (κ1) is 2.32. The topological polar surface area (TPSA) is 30.7 Å². The highest BCUT2D eigenvalue weighted by molar-refractivity contribution is 4.87. The molecule has 0 saturated heterocycles. The molecule has 54 valence electrons. The second-order valence-electron chi connectivity index (χ2n) is 2.03. The summed E-state index contributed by atoms with van der Waals surface area (Å²) in [7, 11) is 0. The van der Waals surface area contributed by atoms with Gasteiger partial charge in [0, 0.05) is 21.1 Å². The zero-order chi connectivity index (χ0) is 12.2. The van der Waals surface area contributed by atoms with Gasteiger partial charge in [-0.15, -0.1) is 10.2 Å². The lowest BCUT2D eigenvalue weighted by Gasteiger charge is -1.97. The Morgan fingerprint density at radius 1 is 1.60 bits per heavy atom. The quantitative estimate of drug-likeness (QED) is 0.542. The van der Waals surface area contributed by atoms with Crippen LogP contribution >= 0.6 is 0 Å². The van der Waals surface area contributed by atoms with Crippen molar-refractivity contribution in [1.82, 2.24) is 14.8 Å². The molecule has 1 aliphatic rings. The first-order valence-corrected chi connectivity index (χ1v) is 3.09. The molecule has 1 aromatic rings. The molecule has 0 radical (unpaired) electrons. The van der Waals surface area contributed by atoms with Gasteiger partial charge in [-0.05, 0) is 12.8 Å². The smallest absolute Gasteiger partial charge is 0.132 e. The molecular weight excluding hydrogens is 126 g/mol. The molecule has 1 aliphatic heterocycles. The molecule has 0 unspecified atom stereocenters. The van der Waals surface area contributed by atoms with Gasteiger partial charge < -0.3 is 4.57 Å². The molecule has 0 saturated carbocycles. The number of rotatable bonds is 0. The fourth-order valence-corrected chi connectivity index (χ4v) is 0.859. The Hall–Kier alpha value is -0.860. The van der Waals surface area contributed by atoms with Crippen molar-refractivity contribution in [2.45, 2.75) is 32.1 Å². The molecule has 3 nitrogen and oxygen atoms in total. The molecule has 0 spiro atoms. The average Bonchev–Trinajstić information content (AvgIpc) is 2.60. The van der Waals surface area contributed by atoms with E-state index in [2.05, 4.69) is 10.2 Å². The normalized spacial score (nSPS) is 42.0. The third-order valence-corrected chi connectivity index (χ3v) is 1.36. The molecule has 0 fully saturated rings. The molecule has 10 heavy (non-hydrogen) atoms. The van der Waals surface area contributed by atoms with Gasteiger partial charge in [0.1, 0.15) is 12.2 Å². The van der Waals surface area contributed by atoms with Crippen molar-refractivity contribution >= 4 is 0 Å². The van der Waals surface area contributed by atoms with Crippen LogP contribution in [0.5, 0.6) is 0 Å². The van der Waals surface area contributed by atoms with Gasteiger partial charge in [-0.2, -0.15) is 0 Å². The predicted octanol–water partition coefficient (Wildman–Crippen LogP) is 1.00. The van der Waals surface area contributed by atoms with Crippen molar-refractivity contribution in [2.24, 2.45) is 0 Å². The second-order valence-corrected chi connectivity index (χ2v) is 2.03. The number of nitrogens with zero attached hydrogens (tertiary/aromatic N) is 3. The fraction of sp³-hybridized carbons (Fsp3) is 0.714. The minimum Gasteiger partial charge on any atom is -0.318 e. The maximum absolute atomic E-state index is 7.76. The number of aromatic nitrogens is 3. The number of hydrogen-bond donors (Lipinski definition) is 0. The van der Waals surface area contributed by atoms with E-state index >= 15 is 0 Å². The minimum atomic E-state index is -2.63. The van der Waals surface area contributed by atoms with Gasteiger partial charge in [-0.25, -0.2) is 0 Å². The van der Waals surface area contributed by atoms with E-state index in [-0.39, 0.29) is 18.7 Å². The average molecular weight is 143 g/mol. The van der Waals surface area contributed by atoms with E-state index in [0.29, 0.717) is 0 Å². The Morgan fingerprint density at radius 2 is 2.60 bits per heavy atom. The standard InChI is InChI=1S/C7H11N3/c1-2-4-7-9-8-6-10(7)5-3-1/h6H,1-5H2/i1D2,3D2,5D2. The Labute approximate surface area is 68.5 Å². The molecular formula is C7H11N3. The molecule has 3 heteroatoms. The van der Waals surface area contributed by atoms with Crippen molar-refractivity contribution in [3.63, 3.8) is 0 Å². The first-order chi connectivity index (χ1) is 7.20. The van der Waals surface area contributed by atoms with Gasteiger partial charge in [0.15, 0.2) is 0 Å². The highest BCUT2D eigenvalue weighted by Crippen LogP contribution is 2.10. The zero-order valence-electron chi connectivity index (χ0n) is 11.3. The van der Waals surface area contributed by atoms with Crippen LogP contribution in [-0.2, 0) is 12.9 Å². The number of hydrogen-bond acceptors (Lipinski definition) is 2. The van der Waals surface area contributed by atoms with E-state index in [1.54, 1.807) is 0 Å². The zero-order valence-corrected chi connectivity index (χ0v) is 5.33. The van der Waals surface area contributed by atoms with Crippen molar-refractivity contribution in [1.29, 1.82) is 0 Å². The number of fused-ring (bicyclic) bond motifs is 1. The Bertz CT molecular complexity index is 412. The van der Waals surface area contributed by atoms with Crippen LogP contribution in [0.15, 0.2) is 6.33 Å². The molecule has 2 heterocycles. The van der Waals surface area contributed by atoms with E-state index < -0.39 is 19.2 Å². The van der Waals surface area contributed by atoms with E-state index in [1.165, 1.54) is 0 Å². The lowest BCUT2D eigenvalue weighted by molar-refractivity contribution is 0.632. The summed E-state index contributed by atoms with van der Waals surface area (Å²) in [6.07, 6.45) is -3.70. The van der Waals surface area contributed by atoms with Gasteiger partial charge in [-0.1, -0.05) is 6.37 Å². The van der Waals surface area contributed by atoms with Gasteiger partial charge in [-0.3, -0.25) is 0 Å². The summed E-state index contributed by atoms with van der Waals surface area (Å²) in [6, 6.07) is 0. The maximum atomic E-state index is 7.76. The lowest BCUT2D eigenvalue weighted by Crippen LogP contribution is -1.98. The summed E-state index contributed by atoms with van der Waals surface area (Å²) in [5, 5.41) is 7.22. The Morgan fingerprint density at radius 3 is 3.60 bits per heavy atom. The van der Waals surface area contributed by atoms with Crippen LogP contribution < -0.4 is 0 Å². The van der Waals surface area contributed by atoms with Crippen LogP contribution in [0.3, 0.4) is 0 Å². The van der Waals surface area contributed by atoms with Crippen molar-refractivity contribution < 1.29 is 8.22 Å². The molecule has 0 aromatic carbocycles. The van der Waals surface area contributed by atoms with Crippen molar-refractivity contribution in [2.75, 3.05) is 0 Å². The monoisotopic (exact) mass is 143 g/mol. The van der Waals surface area contributed by atoms with Gasteiger partial charge in [0.25, 0.3) is 0 Å². The van der Waals surface area contributed by atoms with E-state index in [4.69, 9.17) is 8.22 Å². The van der Waals surface area contributed by atoms with Gasteiger partial charge >= 0.3 is 0 Å². The first-order valence-electron chi connectivity index (χ1n) is 6.09. The molecule has 0 N–H and O–H groups in total. The lowest BCUT2D eigenvalue weighted by atomic mass is 10.2. The molecule has 0 amide bonds. The van der Waals surface area contributed by atoms with Crippen molar-refractivity contribution in [3.8, 4) is 0 Å². The summed E-state index contributed by atoms with van der Waals surface area (Å²) in [4.78, 5) is 0. The van der Waals surface area contributed by atoms with Crippen LogP contribution in [0.25, 0.3) is 0 Å². The summed E-state index contributed by atoms with van der Waals surface area (Å²) in [5.41, 5.74) is 0.